The molecule has 1 saturated heterocycles. The van der Waals surface area contributed by atoms with E-state index in [1.54, 1.807) is 12.4 Å². The van der Waals surface area contributed by atoms with E-state index in [9.17, 15) is 9.59 Å². The molecule has 0 radical (unpaired) electrons. The highest BCUT2D eigenvalue weighted by Gasteiger charge is 2.24. The minimum absolute atomic E-state index is 0.0504. The number of aromatic nitrogens is 5. The normalized spacial score (nSPS) is 14.6. The first-order valence-corrected chi connectivity index (χ1v) is 11.5. The van der Waals surface area contributed by atoms with Crippen LogP contribution in [0, 0.1) is 5.92 Å². The smallest absolute Gasteiger partial charge is 0.277 e. The molecule has 34 heavy (non-hydrogen) atoms. The number of nitrogens with one attached hydrogen (secondary N) is 1. The van der Waals surface area contributed by atoms with Gasteiger partial charge in [0.25, 0.3) is 5.91 Å². The molecular formula is C23H30N8O3. The van der Waals surface area contributed by atoms with Crippen LogP contribution in [-0.2, 0) is 11.3 Å². The standard InChI is InChI=1S/C23H30N8O3/c1-15(2)31-21-5-4-18(10-20(21)26-28-31)14-30(16(3)32)13-17-6-8-29(9-7-17)23-24-11-19(12-25-23)22(33)27-34/h4-5,10-12,15,17,34H,6-9,13-14H2,1-3H3,(H,27,33). The van der Waals surface area contributed by atoms with E-state index in [0.717, 1.165) is 42.5 Å². The van der Waals surface area contributed by atoms with Crippen molar-refractivity contribution < 1.29 is 14.8 Å². The number of piperidine rings is 1. The molecule has 2 N–H and O–H groups in total. The van der Waals surface area contributed by atoms with Gasteiger partial charge in [-0.3, -0.25) is 14.8 Å². The van der Waals surface area contributed by atoms with Gasteiger partial charge in [0, 0.05) is 51.5 Å². The van der Waals surface area contributed by atoms with Crippen LogP contribution in [0.3, 0.4) is 0 Å². The Morgan fingerprint density at radius 3 is 2.53 bits per heavy atom. The highest BCUT2D eigenvalue weighted by Crippen LogP contribution is 2.23. The molecule has 4 rings (SSSR count). The Kier molecular flexibility index (Phi) is 7.01. The summed E-state index contributed by atoms with van der Waals surface area (Å²) in [6.07, 6.45) is 4.61. The van der Waals surface area contributed by atoms with Gasteiger partial charge in [0.1, 0.15) is 5.52 Å². The van der Waals surface area contributed by atoms with E-state index in [1.165, 1.54) is 12.4 Å². The molecular weight excluding hydrogens is 436 g/mol. The predicted octanol–water partition coefficient (Wildman–Crippen LogP) is 2.19. The lowest BCUT2D eigenvalue weighted by atomic mass is 9.96. The molecule has 11 heteroatoms. The van der Waals surface area contributed by atoms with Crippen LogP contribution in [0.1, 0.15) is 55.6 Å². The van der Waals surface area contributed by atoms with Gasteiger partial charge in [0.15, 0.2) is 0 Å². The first-order chi connectivity index (χ1) is 16.4. The Balaban J connectivity index is 1.35. The number of anilines is 1. The lowest BCUT2D eigenvalue weighted by Gasteiger charge is -2.34. The number of hydrogen-bond donors (Lipinski definition) is 2. The van der Waals surface area contributed by atoms with Gasteiger partial charge in [-0.15, -0.1) is 5.10 Å². The summed E-state index contributed by atoms with van der Waals surface area (Å²) in [6, 6.07) is 6.31. The average molecular weight is 467 g/mol. The molecule has 0 saturated carbocycles. The number of carbonyl (C=O) groups is 2. The first kappa shape index (κ1) is 23.6. The average Bonchev–Trinajstić information content (AvgIpc) is 3.27. The summed E-state index contributed by atoms with van der Waals surface area (Å²) in [5.74, 6) is 0.344. The number of carbonyl (C=O) groups excluding carboxylic acids is 2. The third kappa shape index (κ3) is 5.14. The second-order valence-electron chi connectivity index (χ2n) is 8.99. The van der Waals surface area contributed by atoms with E-state index >= 15 is 0 Å². The van der Waals surface area contributed by atoms with E-state index in [1.807, 2.05) is 27.8 Å². The van der Waals surface area contributed by atoms with Crippen molar-refractivity contribution in [1.82, 2.24) is 35.3 Å². The number of amides is 2. The minimum Gasteiger partial charge on any atom is -0.341 e. The second-order valence-corrected chi connectivity index (χ2v) is 8.99. The maximum atomic E-state index is 12.4. The molecule has 0 spiro atoms. The highest BCUT2D eigenvalue weighted by molar-refractivity contribution is 5.92. The number of nitrogens with zero attached hydrogens (tertiary/aromatic N) is 7. The summed E-state index contributed by atoms with van der Waals surface area (Å²) in [7, 11) is 0. The Morgan fingerprint density at radius 1 is 1.21 bits per heavy atom. The fourth-order valence-electron chi connectivity index (χ4n) is 4.29. The number of rotatable bonds is 7. The number of fused-ring (bicyclic) bond motifs is 1. The van der Waals surface area contributed by atoms with E-state index in [4.69, 9.17) is 5.21 Å². The molecule has 1 aliphatic rings. The second kappa shape index (κ2) is 10.1. The zero-order valence-corrected chi connectivity index (χ0v) is 19.7. The van der Waals surface area contributed by atoms with Crippen LogP contribution in [0.15, 0.2) is 30.6 Å². The molecule has 2 aromatic heterocycles. The highest BCUT2D eigenvalue weighted by atomic mass is 16.5. The van der Waals surface area contributed by atoms with Crippen molar-refractivity contribution in [2.24, 2.45) is 5.92 Å². The molecule has 3 aromatic rings. The van der Waals surface area contributed by atoms with Gasteiger partial charge in [-0.25, -0.2) is 20.1 Å². The van der Waals surface area contributed by atoms with Crippen molar-refractivity contribution in [2.75, 3.05) is 24.5 Å². The molecule has 0 atom stereocenters. The van der Waals surface area contributed by atoms with Crippen LogP contribution in [0.25, 0.3) is 11.0 Å². The summed E-state index contributed by atoms with van der Waals surface area (Å²) >= 11 is 0. The van der Waals surface area contributed by atoms with Gasteiger partial charge in [-0.2, -0.15) is 0 Å². The monoisotopic (exact) mass is 466 g/mol. The summed E-state index contributed by atoms with van der Waals surface area (Å²) in [5, 5.41) is 17.2. The molecule has 0 unspecified atom stereocenters. The fraction of sp³-hybridized carbons (Fsp3) is 0.478. The summed E-state index contributed by atoms with van der Waals surface area (Å²) in [4.78, 5) is 36.3. The Bertz CT molecular complexity index is 1150. The predicted molar refractivity (Wildman–Crippen MR) is 125 cm³/mol. The molecule has 180 valence electrons. The summed E-state index contributed by atoms with van der Waals surface area (Å²) in [6.45, 7) is 8.52. The van der Waals surface area contributed by atoms with Crippen LogP contribution >= 0.6 is 0 Å². The van der Waals surface area contributed by atoms with E-state index < -0.39 is 5.91 Å². The van der Waals surface area contributed by atoms with Gasteiger partial charge < -0.3 is 9.80 Å². The van der Waals surface area contributed by atoms with Gasteiger partial charge in [-0.05, 0) is 50.3 Å². The fourth-order valence-corrected chi connectivity index (χ4v) is 4.29. The third-order valence-electron chi connectivity index (χ3n) is 6.22. The van der Waals surface area contributed by atoms with Crippen molar-refractivity contribution in [2.45, 2.75) is 46.2 Å². The van der Waals surface area contributed by atoms with E-state index in [2.05, 4.69) is 39.0 Å². The van der Waals surface area contributed by atoms with Gasteiger partial charge >= 0.3 is 0 Å². The van der Waals surface area contributed by atoms with Gasteiger partial charge in [0.2, 0.25) is 11.9 Å². The summed E-state index contributed by atoms with van der Waals surface area (Å²) < 4.78 is 1.90. The van der Waals surface area contributed by atoms with Crippen LogP contribution in [0.4, 0.5) is 5.95 Å². The Hall–Kier alpha value is -3.60. The minimum atomic E-state index is -0.640. The molecule has 11 nitrogen and oxygen atoms in total. The number of benzene rings is 1. The molecule has 2 amide bonds. The van der Waals surface area contributed by atoms with Crippen molar-refractivity contribution in [3.8, 4) is 0 Å². The SMILES string of the molecule is CC(=O)N(Cc1ccc2c(c1)nnn2C(C)C)CC1CCN(c2ncc(C(=O)NO)cn2)CC1. The quantitative estimate of drug-likeness (QED) is 0.400. The zero-order chi connectivity index (χ0) is 24.2. The van der Waals surface area contributed by atoms with Crippen molar-refractivity contribution in [1.29, 1.82) is 0 Å². The van der Waals surface area contributed by atoms with E-state index in [0.29, 0.717) is 25.0 Å². The molecule has 3 heterocycles. The molecule has 1 aliphatic heterocycles. The molecule has 0 aliphatic carbocycles. The third-order valence-corrected chi connectivity index (χ3v) is 6.22. The van der Waals surface area contributed by atoms with Crippen molar-refractivity contribution in [3.63, 3.8) is 0 Å². The Morgan fingerprint density at radius 2 is 1.91 bits per heavy atom. The first-order valence-electron chi connectivity index (χ1n) is 11.5. The van der Waals surface area contributed by atoms with Gasteiger partial charge in [0.05, 0.1) is 11.1 Å². The maximum absolute atomic E-state index is 12.4. The zero-order valence-electron chi connectivity index (χ0n) is 19.7. The van der Waals surface area contributed by atoms with Crippen LogP contribution < -0.4 is 10.4 Å². The van der Waals surface area contributed by atoms with Crippen molar-refractivity contribution >= 4 is 28.8 Å². The van der Waals surface area contributed by atoms with E-state index in [-0.39, 0.29) is 17.5 Å². The van der Waals surface area contributed by atoms with Crippen LogP contribution in [0.5, 0.6) is 0 Å². The number of hydroxylamine groups is 1. The largest absolute Gasteiger partial charge is 0.341 e. The van der Waals surface area contributed by atoms with Crippen molar-refractivity contribution in [3.05, 3.63) is 41.7 Å². The Labute approximate surface area is 197 Å². The topological polar surface area (TPSA) is 129 Å². The molecule has 1 fully saturated rings. The maximum Gasteiger partial charge on any atom is 0.277 e. The molecule has 1 aromatic carbocycles. The van der Waals surface area contributed by atoms with Crippen LogP contribution in [-0.4, -0.2) is 66.5 Å². The lowest BCUT2D eigenvalue weighted by molar-refractivity contribution is -0.130. The number of hydrogen-bond acceptors (Lipinski definition) is 8. The lowest BCUT2D eigenvalue weighted by Crippen LogP contribution is -2.40. The summed E-state index contributed by atoms with van der Waals surface area (Å²) in [5.41, 5.74) is 4.64. The van der Waals surface area contributed by atoms with Crippen LogP contribution in [0.2, 0.25) is 0 Å². The van der Waals surface area contributed by atoms with Gasteiger partial charge in [-0.1, -0.05) is 11.3 Å². The molecule has 0 bridgehead atoms.